The lowest BCUT2D eigenvalue weighted by Crippen LogP contribution is -1.96. The molecule has 3 rings (SSSR count). The molecule has 0 unspecified atom stereocenters. The maximum Gasteiger partial charge on any atom is 0.346 e. The molecular weight excluding hydrogens is 236 g/mol. The second-order valence-corrected chi connectivity index (χ2v) is 5.34. The highest BCUT2D eigenvalue weighted by Crippen LogP contribution is 2.48. The van der Waals surface area contributed by atoms with Gasteiger partial charge < -0.3 is 9.84 Å². The molecule has 0 amide bonds. The average Bonchev–Trinajstić information content (AvgIpc) is 3.08. The zero-order valence-electron chi connectivity index (χ0n) is 9.40. The summed E-state index contributed by atoms with van der Waals surface area (Å²) >= 11 is 1.36. The Hall–Kier alpha value is -1.55. The van der Waals surface area contributed by atoms with E-state index in [2.05, 4.69) is 0 Å². The van der Waals surface area contributed by atoms with E-state index in [0.29, 0.717) is 10.8 Å². The first-order valence-electron chi connectivity index (χ1n) is 5.54. The summed E-state index contributed by atoms with van der Waals surface area (Å²) < 4.78 is 6.24. The number of methoxy groups -OCH3 is 1. The van der Waals surface area contributed by atoms with Gasteiger partial charge in [-0.2, -0.15) is 0 Å². The van der Waals surface area contributed by atoms with Gasteiger partial charge in [-0.15, -0.1) is 11.3 Å². The molecule has 4 heteroatoms. The summed E-state index contributed by atoms with van der Waals surface area (Å²) in [6.45, 7) is 0. The van der Waals surface area contributed by atoms with E-state index in [1.165, 1.54) is 11.3 Å². The van der Waals surface area contributed by atoms with Crippen LogP contribution in [0.15, 0.2) is 18.2 Å². The molecule has 2 aromatic rings. The molecule has 0 spiro atoms. The zero-order valence-corrected chi connectivity index (χ0v) is 10.2. The fourth-order valence-corrected chi connectivity index (χ4v) is 3.27. The van der Waals surface area contributed by atoms with Crippen molar-refractivity contribution in [2.75, 3.05) is 7.11 Å². The minimum Gasteiger partial charge on any atom is -0.497 e. The van der Waals surface area contributed by atoms with Crippen LogP contribution < -0.4 is 4.74 Å². The molecule has 1 saturated carbocycles. The van der Waals surface area contributed by atoms with Gasteiger partial charge in [-0.3, -0.25) is 0 Å². The number of hydrogen-bond donors (Lipinski definition) is 1. The number of hydrogen-bond acceptors (Lipinski definition) is 3. The lowest BCUT2D eigenvalue weighted by Gasteiger charge is -2.01. The van der Waals surface area contributed by atoms with Gasteiger partial charge in [-0.05, 0) is 42.5 Å². The average molecular weight is 248 g/mol. The Morgan fingerprint density at radius 1 is 1.47 bits per heavy atom. The van der Waals surface area contributed by atoms with E-state index in [1.807, 2.05) is 18.2 Å². The summed E-state index contributed by atoms with van der Waals surface area (Å²) in [6, 6.07) is 5.77. The Morgan fingerprint density at radius 3 is 2.82 bits per heavy atom. The number of ether oxygens (including phenoxy) is 1. The highest BCUT2D eigenvalue weighted by Gasteiger charge is 2.31. The predicted molar refractivity (Wildman–Crippen MR) is 67.3 cm³/mol. The van der Waals surface area contributed by atoms with Crippen LogP contribution in [0, 0.1) is 0 Å². The number of rotatable bonds is 3. The second kappa shape index (κ2) is 3.74. The van der Waals surface area contributed by atoms with Crippen molar-refractivity contribution >= 4 is 27.4 Å². The molecule has 0 radical (unpaired) electrons. The first kappa shape index (κ1) is 10.6. The molecule has 1 aromatic carbocycles. The number of thiophene rings is 1. The molecule has 1 aliphatic rings. The van der Waals surface area contributed by atoms with Gasteiger partial charge in [-0.25, -0.2) is 4.79 Å². The van der Waals surface area contributed by atoms with Crippen LogP contribution in [0.2, 0.25) is 0 Å². The van der Waals surface area contributed by atoms with Gasteiger partial charge in [0.15, 0.2) is 0 Å². The highest BCUT2D eigenvalue weighted by atomic mass is 32.1. The highest BCUT2D eigenvalue weighted by molar-refractivity contribution is 7.21. The van der Waals surface area contributed by atoms with Crippen molar-refractivity contribution in [3.05, 3.63) is 28.6 Å². The lowest BCUT2D eigenvalue weighted by atomic mass is 10.1. The third kappa shape index (κ3) is 1.69. The molecule has 1 aromatic heterocycles. The summed E-state index contributed by atoms with van der Waals surface area (Å²) in [7, 11) is 1.63. The van der Waals surface area contributed by atoms with Crippen molar-refractivity contribution in [2.45, 2.75) is 18.8 Å². The monoisotopic (exact) mass is 248 g/mol. The molecule has 17 heavy (non-hydrogen) atoms. The standard InChI is InChI=1S/C13H12O3S/c1-16-8-4-5-10-9(6-8)11(7-2-3-7)12(17-10)13(14)15/h4-7H,2-3H2,1H3,(H,14,15). The van der Waals surface area contributed by atoms with E-state index in [9.17, 15) is 9.90 Å². The molecule has 3 nitrogen and oxygen atoms in total. The summed E-state index contributed by atoms with van der Waals surface area (Å²) in [5, 5.41) is 10.3. The van der Waals surface area contributed by atoms with Gasteiger partial charge in [0.25, 0.3) is 0 Å². The van der Waals surface area contributed by atoms with Gasteiger partial charge in [0.2, 0.25) is 0 Å². The van der Waals surface area contributed by atoms with Gasteiger partial charge in [0.1, 0.15) is 10.6 Å². The molecule has 0 atom stereocenters. The number of carboxylic acid groups (broad SMARTS) is 1. The van der Waals surface area contributed by atoms with Crippen molar-refractivity contribution in [2.24, 2.45) is 0 Å². The van der Waals surface area contributed by atoms with Crippen LogP contribution in [-0.4, -0.2) is 18.2 Å². The topological polar surface area (TPSA) is 46.5 Å². The van der Waals surface area contributed by atoms with Gasteiger partial charge >= 0.3 is 5.97 Å². The number of carboxylic acids is 1. The molecular formula is C13H12O3S. The van der Waals surface area contributed by atoms with Crippen LogP contribution in [0.4, 0.5) is 0 Å². The Kier molecular flexibility index (Phi) is 2.33. The van der Waals surface area contributed by atoms with Crippen LogP contribution >= 0.6 is 11.3 Å². The van der Waals surface area contributed by atoms with E-state index in [4.69, 9.17) is 4.74 Å². The second-order valence-electron chi connectivity index (χ2n) is 4.29. The summed E-state index contributed by atoms with van der Waals surface area (Å²) in [5.41, 5.74) is 1.01. The number of carbonyl (C=O) groups is 1. The van der Waals surface area contributed by atoms with Crippen LogP contribution in [0.25, 0.3) is 10.1 Å². The maximum absolute atomic E-state index is 11.3. The molecule has 0 saturated heterocycles. The van der Waals surface area contributed by atoms with Crippen molar-refractivity contribution in [1.82, 2.24) is 0 Å². The Bertz CT molecular complexity index is 596. The Labute approximate surface area is 103 Å². The van der Waals surface area contributed by atoms with Crippen LogP contribution in [-0.2, 0) is 0 Å². The molecule has 1 heterocycles. The van der Waals surface area contributed by atoms with E-state index in [0.717, 1.165) is 34.2 Å². The van der Waals surface area contributed by atoms with E-state index < -0.39 is 5.97 Å². The molecule has 88 valence electrons. The van der Waals surface area contributed by atoms with Crippen LogP contribution in [0.3, 0.4) is 0 Å². The largest absolute Gasteiger partial charge is 0.497 e. The Balaban J connectivity index is 2.28. The summed E-state index contributed by atoms with van der Waals surface area (Å²) in [4.78, 5) is 11.8. The fraction of sp³-hybridized carbons (Fsp3) is 0.308. The number of benzene rings is 1. The first-order chi connectivity index (χ1) is 8.20. The van der Waals surface area contributed by atoms with Gasteiger partial charge in [0, 0.05) is 10.1 Å². The predicted octanol–water partition coefficient (Wildman–Crippen LogP) is 3.49. The SMILES string of the molecule is COc1ccc2sc(C(=O)O)c(C3CC3)c2c1. The lowest BCUT2D eigenvalue weighted by molar-refractivity contribution is 0.0701. The third-order valence-corrected chi connectivity index (χ3v) is 4.29. The molecule has 0 aliphatic heterocycles. The third-order valence-electron chi connectivity index (χ3n) is 3.11. The smallest absolute Gasteiger partial charge is 0.346 e. The minimum atomic E-state index is -0.813. The van der Waals surface area contributed by atoms with Gasteiger partial charge in [-0.1, -0.05) is 0 Å². The van der Waals surface area contributed by atoms with Crippen molar-refractivity contribution in [3.63, 3.8) is 0 Å². The van der Waals surface area contributed by atoms with E-state index >= 15 is 0 Å². The van der Waals surface area contributed by atoms with Crippen LogP contribution in [0.5, 0.6) is 5.75 Å². The van der Waals surface area contributed by atoms with E-state index in [1.54, 1.807) is 7.11 Å². The number of fused-ring (bicyclic) bond motifs is 1. The van der Waals surface area contributed by atoms with Crippen molar-refractivity contribution in [3.8, 4) is 5.75 Å². The minimum absolute atomic E-state index is 0.432. The van der Waals surface area contributed by atoms with Gasteiger partial charge in [0.05, 0.1) is 7.11 Å². The fourth-order valence-electron chi connectivity index (χ4n) is 2.16. The van der Waals surface area contributed by atoms with Crippen molar-refractivity contribution < 1.29 is 14.6 Å². The van der Waals surface area contributed by atoms with E-state index in [-0.39, 0.29) is 0 Å². The molecule has 0 bridgehead atoms. The Morgan fingerprint density at radius 2 is 2.24 bits per heavy atom. The maximum atomic E-state index is 11.3. The number of aromatic carboxylic acids is 1. The summed E-state index contributed by atoms with van der Waals surface area (Å²) in [6.07, 6.45) is 2.20. The molecule has 1 N–H and O–H groups in total. The molecule has 1 aliphatic carbocycles. The van der Waals surface area contributed by atoms with Crippen molar-refractivity contribution in [1.29, 1.82) is 0 Å². The summed E-state index contributed by atoms with van der Waals surface area (Å²) in [5.74, 6) is 0.406. The quantitative estimate of drug-likeness (QED) is 0.904. The van der Waals surface area contributed by atoms with Crippen LogP contribution in [0.1, 0.15) is 34.0 Å². The zero-order chi connectivity index (χ0) is 12.0. The first-order valence-corrected chi connectivity index (χ1v) is 6.36. The molecule has 1 fully saturated rings. The normalized spacial score (nSPS) is 15.1.